The first-order chi connectivity index (χ1) is 9.47. The maximum Gasteiger partial charge on any atom is 0.307 e. The van der Waals surface area contributed by atoms with Crippen LogP contribution in [0.2, 0.25) is 0 Å². The summed E-state index contributed by atoms with van der Waals surface area (Å²) in [7, 11) is 0. The number of hydrogen-bond acceptors (Lipinski definition) is 3. The van der Waals surface area contributed by atoms with Gasteiger partial charge in [0.2, 0.25) is 0 Å². The number of para-hydroxylation sites is 1. The fourth-order valence-corrected chi connectivity index (χ4v) is 3.15. The molecule has 2 rings (SSSR count). The number of halogens is 1. The average molecular weight is 354 g/mol. The summed E-state index contributed by atoms with van der Waals surface area (Å²) in [6.45, 7) is 1.91. The first kappa shape index (κ1) is 14.7. The lowest BCUT2D eigenvalue weighted by Crippen LogP contribution is -2.13. The third-order valence-electron chi connectivity index (χ3n) is 2.69. The van der Waals surface area contributed by atoms with Crippen molar-refractivity contribution in [1.82, 2.24) is 0 Å². The van der Waals surface area contributed by atoms with E-state index >= 15 is 0 Å². The van der Waals surface area contributed by atoms with Crippen LogP contribution < -0.4 is 5.32 Å². The van der Waals surface area contributed by atoms with E-state index in [2.05, 4.69) is 21.2 Å². The first-order valence-electron chi connectivity index (χ1n) is 5.84. The summed E-state index contributed by atoms with van der Waals surface area (Å²) >= 11 is 4.73. The molecule has 6 heteroatoms. The third-order valence-corrected chi connectivity index (χ3v) is 4.82. The number of hydrogen-bond donors (Lipinski definition) is 2. The number of nitrogens with one attached hydrogen (secondary N) is 1. The van der Waals surface area contributed by atoms with E-state index in [1.54, 1.807) is 30.3 Å². The van der Waals surface area contributed by atoms with E-state index in [-0.39, 0.29) is 12.3 Å². The molecule has 0 saturated heterocycles. The number of benzene rings is 1. The molecule has 0 saturated carbocycles. The van der Waals surface area contributed by atoms with Gasteiger partial charge in [-0.2, -0.15) is 0 Å². The zero-order valence-electron chi connectivity index (χ0n) is 10.6. The standard InChI is InChI=1S/C14H12BrNO3S/c1-8-6-11(20-13(8)15)14(19)16-10-5-3-2-4-9(10)7-12(17)18/h2-6H,7H2,1H3,(H,16,19)(H,17,18). The number of carbonyl (C=O) groups excluding carboxylic acids is 1. The molecule has 1 heterocycles. The van der Waals surface area contributed by atoms with Crippen molar-refractivity contribution in [3.05, 3.63) is 50.1 Å². The van der Waals surface area contributed by atoms with Gasteiger partial charge in [0.25, 0.3) is 5.91 Å². The van der Waals surface area contributed by atoms with Crippen LogP contribution in [-0.4, -0.2) is 17.0 Å². The number of rotatable bonds is 4. The van der Waals surface area contributed by atoms with Gasteiger partial charge < -0.3 is 10.4 Å². The molecule has 2 aromatic rings. The molecule has 0 aliphatic rings. The average Bonchev–Trinajstić information content (AvgIpc) is 2.71. The predicted octanol–water partition coefficient (Wildman–Crippen LogP) is 3.70. The van der Waals surface area contributed by atoms with Crippen LogP contribution in [0.5, 0.6) is 0 Å². The van der Waals surface area contributed by atoms with Crippen molar-refractivity contribution in [2.24, 2.45) is 0 Å². The van der Waals surface area contributed by atoms with Crippen LogP contribution in [0.15, 0.2) is 34.1 Å². The van der Waals surface area contributed by atoms with Crippen molar-refractivity contribution in [3.63, 3.8) is 0 Å². The van der Waals surface area contributed by atoms with Gasteiger partial charge in [0, 0.05) is 5.69 Å². The normalized spacial score (nSPS) is 10.3. The first-order valence-corrected chi connectivity index (χ1v) is 7.45. The van der Waals surface area contributed by atoms with E-state index in [1.807, 2.05) is 6.92 Å². The molecule has 0 unspecified atom stereocenters. The maximum absolute atomic E-state index is 12.1. The Balaban J connectivity index is 2.21. The van der Waals surface area contributed by atoms with Gasteiger partial charge in [-0.15, -0.1) is 11.3 Å². The number of aryl methyl sites for hydroxylation is 1. The Morgan fingerprint density at radius 3 is 2.65 bits per heavy atom. The Labute approximate surface area is 128 Å². The van der Waals surface area contributed by atoms with Gasteiger partial charge in [0.05, 0.1) is 15.1 Å². The number of amides is 1. The summed E-state index contributed by atoms with van der Waals surface area (Å²) in [6.07, 6.45) is -0.121. The van der Waals surface area contributed by atoms with Crippen LogP contribution in [0.4, 0.5) is 5.69 Å². The topological polar surface area (TPSA) is 66.4 Å². The fraction of sp³-hybridized carbons (Fsp3) is 0.143. The Bertz CT molecular complexity index is 647. The molecule has 0 bridgehead atoms. The summed E-state index contributed by atoms with van der Waals surface area (Å²) in [5.41, 5.74) is 2.11. The summed E-state index contributed by atoms with van der Waals surface area (Å²) < 4.78 is 0.918. The molecule has 20 heavy (non-hydrogen) atoms. The van der Waals surface area contributed by atoms with E-state index < -0.39 is 5.97 Å². The predicted molar refractivity (Wildman–Crippen MR) is 82.5 cm³/mol. The Hall–Kier alpha value is -1.66. The molecule has 1 aromatic carbocycles. The number of carboxylic acid groups (broad SMARTS) is 1. The molecule has 0 aliphatic carbocycles. The van der Waals surface area contributed by atoms with Gasteiger partial charge in [-0.05, 0) is 46.1 Å². The summed E-state index contributed by atoms with van der Waals surface area (Å²) in [5.74, 6) is -1.16. The van der Waals surface area contributed by atoms with Crippen LogP contribution in [-0.2, 0) is 11.2 Å². The van der Waals surface area contributed by atoms with Crippen molar-refractivity contribution >= 4 is 44.8 Å². The van der Waals surface area contributed by atoms with E-state index in [4.69, 9.17) is 5.11 Å². The number of anilines is 1. The van der Waals surface area contributed by atoms with Crippen molar-refractivity contribution in [3.8, 4) is 0 Å². The van der Waals surface area contributed by atoms with Crippen LogP contribution in [0.25, 0.3) is 0 Å². The minimum absolute atomic E-state index is 0.121. The molecule has 2 N–H and O–H groups in total. The molecular formula is C14H12BrNO3S. The van der Waals surface area contributed by atoms with Crippen LogP contribution in [0.1, 0.15) is 20.8 Å². The Morgan fingerprint density at radius 1 is 1.35 bits per heavy atom. The van der Waals surface area contributed by atoms with Gasteiger partial charge in [-0.1, -0.05) is 18.2 Å². The van der Waals surface area contributed by atoms with Crippen molar-refractivity contribution < 1.29 is 14.7 Å². The number of aliphatic carboxylic acids is 1. The van der Waals surface area contributed by atoms with Crippen molar-refractivity contribution in [1.29, 1.82) is 0 Å². The number of thiophene rings is 1. The van der Waals surface area contributed by atoms with Crippen molar-refractivity contribution in [2.45, 2.75) is 13.3 Å². The molecule has 0 radical (unpaired) electrons. The molecule has 0 aliphatic heterocycles. The molecular weight excluding hydrogens is 342 g/mol. The molecule has 1 amide bonds. The van der Waals surface area contributed by atoms with Gasteiger partial charge >= 0.3 is 5.97 Å². The zero-order valence-corrected chi connectivity index (χ0v) is 13.0. The van der Waals surface area contributed by atoms with E-state index in [0.29, 0.717) is 16.1 Å². The molecule has 1 aromatic heterocycles. The molecule has 0 atom stereocenters. The minimum Gasteiger partial charge on any atom is -0.481 e. The zero-order chi connectivity index (χ0) is 14.7. The minimum atomic E-state index is -0.929. The maximum atomic E-state index is 12.1. The van der Waals surface area contributed by atoms with Gasteiger partial charge in [0.1, 0.15) is 0 Å². The van der Waals surface area contributed by atoms with Crippen LogP contribution in [0.3, 0.4) is 0 Å². The van der Waals surface area contributed by atoms with E-state index in [9.17, 15) is 9.59 Å². The fourth-order valence-electron chi connectivity index (χ4n) is 1.72. The highest BCUT2D eigenvalue weighted by atomic mass is 79.9. The lowest BCUT2D eigenvalue weighted by atomic mass is 10.1. The lowest BCUT2D eigenvalue weighted by Gasteiger charge is -2.08. The molecule has 4 nitrogen and oxygen atoms in total. The summed E-state index contributed by atoms with van der Waals surface area (Å²) in [5, 5.41) is 11.6. The number of carbonyl (C=O) groups is 2. The van der Waals surface area contributed by atoms with Gasteiger partial charge in [-0.3, -0.25) is 9.59 Å². The lowest BCUT2D eigenvalue weighted by molar-refractivity contribution is -0.136. The van der Waals surface area contributed by atoms with Gasteiger partial charge in [-0.25, -0.2) is 0 Å². The molecule has 0 spiro atoms. The van der Waals surface area contributed by atoms with Gasteiger partial charge in [0.15, 0.2) is 0 Å². The quantitative estimate of drug-likeness (QED) is 0.880. The number of carboxylic acids is 1. The summed E-state index contributed by atoms with van der Waals surface area (Å²) in [4.78, 5) is 23.5. The third kappa shape index (κ3) is 3.46. The highest BCUT2D eigenvalue weighted by molar-refractivity contribution is 9.11. The monoisotopic (exact) mass is 353 g/mol. The Morgan fingerprint density at radius 2 is 2.05 bits per heavy atom. The van der Waals surface area contributed by atoms with E-state index in [1.165, 1.54) is 11.3 Å². The highest BCUT2D eigenvalue weighted by Gasteiger charge is 2.14. The smallest absolute Gasteiger partial charge is 0.307 e. The SMILES string of the molecule is Cc1cc(C(=O)Nc2ccccc2CC(=O)O)sc1Br. The molecule has 0 fully saturated rings. The van der Waals surface area contributed by atoms with Crippen molar-refractivity contribution in [2.75, 3.05) is 5.32 Å². The summed E-state index contributed by atoms with van der Waals surface area (Å²) in [6, 6.07) is 8.70. The Kier molecular flexibility index (Phi) is 4.57. The van der Waals surface area contributed by atoms with Crippen LogP contribution in [0, 0.1) is 6.92 Å². The second kappa shape index (κ2) is 6.19. The highest BCUT2D eigenvalue weighted by Crippen LogP contribution is 2.28. The van der Waals surface area contributed by atoms with Crippen LogP contribution >= 0.6 is 27.3 Å². The second-order valence-corrected chi connectivity index (χ2v) is 6.62. The van der Waals surface area contributed by atoms with E-state index in [0.717, 1.165) is 9.35 Å². The largest absolute Gasteiger partial charge is 0.481 e. The molecule has 104 valence electrons. The second-order valence-electron chi connectivity index (χ2n) is 4.25.